The summed E-state index contributed by atoms with van der Waals surface area (Å²) in [5.41, 5.74) is 2.34. The standard InChI is InChI=1S/C25H36FN5O3/c1-34-18-20(26)17-31(16-12-22(25(32)33)30-23-9-2-4-13-27-23)15-5-3-8-21-11-10-19-7-6-14-28-24(19)29-21/h2,4,9-11,13,20,22H,3,5-8,12,14-18H2,1H3,(H,27,30)(H,28,29)(H,32,33)/t20-,22-/m0/s1. The van der Waals surface area contributed by atoms with E-state index in [9.17, 15) is 14.3 Å². The number of ether oxygens (including phenoxy) is 1. The van der Waals surface area contributed by atoms with Gasteiger partial charge < -0.3 is 25.4 Å². The molecule has 0 unspecified atom stereocenters. The number of halogens is 1. The van der Waals surface area contributed by atoms with Gasteiger partial charge in [-0.3, -0.25) is 0 Å². The molecule has 186 valence electrons. The van der Waals surface area contributed by atoms with Gasteiger partial charge in [-0.1, -0.05) is 12.1 Å². The molecule has 3 heterocycles. The second kappa shape index (κ2) is 13.8. The molecule has 3 N–H and O–H groups in total. The maximum atomic E-state index is 14.3. The number of aliphatic carboxylic acids is 1. The lowest BCUT2D eigenvalue weighted by Gasteiger charge is -2.26. The summed E-state index contributed by atoms with van der Waals surface area (Å²) in [5.74, 6) is 0.563. The molecule has 1 aliphatic heterocycles. The number of carboxylic acids is 1. The van der Waals surface area contributed by atoms with E-state index in [1.54, 1.807) is 24.4 Å². The van der Waals surface area contributed by atoms with Gasteiger partial charge in [0.1, 0.15) is 23.8 Å². The van der Waals surface area contributed by atoms with Crippen molar-refractivity contribution < 1.29 is 19.0 Å². The van der Waals surface area contributed by atoms with Crippen molar-refractivity contribution in [3.8, 4) is 0 Å². The van der Waals surface area contributed by atoms with Crippen molar-refractivity contribution in [2.75, 3.05) is 50.5 Å². The van der Waals surface area contributed by atoms with Crippen LogP contribution >= 0.6 is 0 Å². The number of methoxy groups -OCH3 is 1. The zero-order valence-electron chi connectivity index (χ0n) is 19.9. The number of rotatable bonds is 15. The second-order valence-corrected chi connectivity index (χ2v) is 8.69. The third-order valence-electron chi connectivity index (χ3n) is 5.93. The number of carboxylic acid groups (broad SMARTS) is 1. The molecular formula is C25H36FN5O3. The van der Waals surface area contributed by atoms with Crippen LogP contribution in [0.2, 0.25) is 0 Å². The monoisotopic (exact) mass is 473 g/mol. The molecule has 0 saturated carbocycles. The molecule has 0 bridgehead atoms. The van der Waals surface area contributed by atoms with Crippen LogP contribution in [0.1, 0.15) is 36.9 Å². The number of carbonyl (C=O) groups is 1. The highest BCUT2D eigenvalue weighted by Gasteiger charge is 2.21. The molecule has 1 aliphatic rings. The van der Waals surface area contributed by atoms with Gasteiger partial charge in [-0.2, -0.15) is 0 Å². The molecule has 8 nitrogen and oxygen atoms in total. The molecule has 0 aliphatic carbocycles. The van der Waals surface area contributed by atoms with Crippen LogP contribution in [-0.4, -0.2) is 78.1 Å². The smallest absolute Gasteiger partial charge is 0.326 e. The summed E-state index contributed by atoms with van der Waals surface area (Å²) in [5, 5.41) is 15.9. The Labute approximate surface area is 200 Å². The average Bonchev–Trinajstić information content (AvgIpc) is 2.84. The number of pyridine rings is 2. The third kappa shape index (κ3) is 8.53. The number of hydrogen-bond acceptors (Lipinski definition) is 7. The minimum Gasteiger partial charge on any atom is -0.480 e. The van der Waals surface area contributed by atoms with Crippen molar-refractivity contribution in [3.05, 3.63) is 47.8 Å². The minimum atomic E-state index is -1.12. The van der Waals surface area contributed by atoms with E-state index in [-0.39, 0.29) is 13.2 Å². The van der Waals surface area contributed by atoms with E-state index < -0.39 is 18.2 Å². The van der Waals surface area contributed by atoms with E-state index in [4.69, 9.17) is 9.72 Å². The Bertz CT molecular complexity index is 886. The van der Waals surface area contributed by atoms with E-state index >= 15 is 0 Å². The Morgan fingerprint density at radius 3 is 2.94 bits per heavy atom. The van der Waals surface area contributed by atoms with Gasteiger partial charge in [0.15, 0.2) is 0 Å². The van der Waals surface area contributed by atoms with Gasteiger partial charge in [0.2, 0.25) is 0 Å². The van der Waals surface area contributed by atoms with Crippen LogP contribution < -0.4 is 10.6 Å². The van der Waals surface area contributed by atoms with E-state index in [0.29, 0.717) is 25.3 Å². The Hall–Kier alpha value is -2.78. The molecule has 0 saturated heterocycles. The number of fused-ring (bicyclic) bond motifs is 1. The van der Waals surface area contributed by atoms with Crippen molar-refractivity contribution in [2.45, 2.75) is 50.7 Å². The number of nitrogens with zero attached hydrogens (tertiary/aromatic N) is 3. The van der Waals surface area contributed by atoms with Gasteiger partial charge in [-0.15, -0.1) is 0 Å². The zero-order chi connectivity index (χ0) is 24.2. The molecule has 2 atom stereocenters. The van der Waals surface area contributed by atoms with Crippen LogP contribution in [0.4, 0.5) is 16.0 Å². The van der Waals surface area contributed by atoms with Crippen molar-refractivity contribution >= 4 is 17.6 Å². The molecular weight excluding hydrogens is 437 g/mol. The van der Waals surface area contributed by atoms with E-state index in [1.165, 1.54) is 12.7 Å². The van der Waals surface area contributed by atoms with Crippen LogP contribution in [0.25, 0.3) is 0 Å². The van der Waals surface area contributed by atoms with Crippen LogP contribution in [0.5, 0.6) is 0 Å². The fourth-order valence-electron chi connectivity index (χ4n) is 4.15. The van der Waals surface area contributed by atoms with Crippen LogP contribution in [-0.2, 0) is 22.4 Å². The largest absolute Gasteiger partial charge is 0.480 e. The van der Waals surface area contributed by atoms with Gasteiger partial charge in [0, 0.05) is 38.6 Å². The Morgan fingerprint density at radius 2 is 2.18 bits per heavy atom. The summed E-state index contributed by atoms with van der Waals surface area (Å²) in [4.78, 5) is 22.6. The molecule has 0 spiro atoms. The first kappa shape index (κ1) is 25.8. The maximum Gasteiger partial charge on any atom is 0.326 e. The Balaban J connectivity index is 1.50. The summed E-state index contributed by atoms with van der Waals surface area (Å²) in [7, 11) is 1.48. The normalized spacial score (nSPS) is 14.8. The first-order valence-electron chi connectivity index (χ1n) is 12.0. The van der Waals surface area contributed by atoms with Gasteiger partial charge in [-0.25, -0.2) is 19.2 Å². The van der Waals surface area contributed by atoms with E-state index in [0.717, 1.165) is 50.2 Å². The van der Waals surface area contributed by atoms with Gasteiger partial charge >= 0.3 is 5.97 Å². The molecule has 0 aromatic carbocycles. The lowest BCUT2D eigenvalue weighted by molar-refractivity contribution is -0.138. The molecule has 2 aromatic heterocycles. The van der Waals surface area contributed by atoms with Gasteiger partial charge in [0.05, 0.1) is 6.61 Å². The third-order valence-corrected chi connectivity index (χ3v) is 5.93. The Morgan fingerprint density at radius 1 is 1.29 bits per heavy atom. The highest BCUT2D eigenvalue weighted by atomic mass is 19.1. The van der Waals surface area contributed by atoms with E-state index in [1.807, 2.05) is 4.90 Å². The SMILES string of the molecule is COC[C@@H](F)CN(CCCCc1ccc2c(n1)NCCC2)CC[C@H](Nc1ccccn1)C(=O)O. The predicted octanol–water partition coefficient (Wildman–Crippen LogP) is 3.40. The lowest BCUT2D eigenvalue weighted by Crippen LogP contribution is -2.38. The molecule has 9 heteroatoms. The molecule has 3 rings (SSSR count). The molecule has 0 radical (unpaired) electrons. The Kier molecular flexibility index (Phi) is 10.5. The quantitative estimate of drug-likeness (QED) is 0.339. The first-order valence-corrected chi connectivity index (χ1v) is 12.0. The predicted molar refractivity (Wildman–Crippen MR) is 131 cm³/mol. The summed E-state index contributed by atoms with van der Waals surface area (Å²) in [6.45, 7) is 2.35. The van der Waals surface area contributed by atoms with E-state index in [2.05, 4.69) is 27.8 Å². The first-order chi connectivity index (χ1) is 16.5. The second-order valence-electron chi connectivity index (χ2n) is 8.69. The lowest BCUT2D eigenvalue weighted by atomic mass is 10.1. The summed E-state index contributed by atoms with van der Waals surface area (Å²) >= 11 is 0. The fourth-order valence-corrected chi connectivity index (χ4v) is 4.15. The summed E-state index contributed by atoms with van der Waals surface area (Å²) < 4.78 is 19.2. The number of nitrogens with one attached hydrogen (secondary N) is 2. The molecule has 2 aromatic rings. The van der Waals surface area contributed by atoms with Crippen molar-refractivity contribution in [2.24, 2.45) is 0 Å². The number of unbranched alkanes of at least 4 members (excludes halogenated alkanes) is 1. The van der Waals surface area contributed by atoms with Crippen LogP contribution in [0.3, 0.4) is 0 Å². The number of hydrogen-bond donors (Lipinski definition) is 3. The van der Waals surface area contributed by atoms with Gasteiger partial charge in [0.25, 0.3) is 0 Å². The number of aromatic nitrogens is 2. The van der Waals surface area contributed by atoms with Gasteiger partial charge in [-0.05, 0) is 68.8 Å². The zero-order valence-corrected chi connectivity index (χ0v) is 19.9. The highest BCUT2D eigenvalue weighted by Crippen LogP contribution is 2.20. The number of anilines is 2. The number of alkyl halides is 1. The number of aryl methyl sites for hydroxylation is 2. The minimum absolute atomic E-state index is 0.0249. The average molecular weight is 474 g/mol. The fraction of sp³-hybridized carbons (Fsp3) is 0.560. The molecule has 0 fully saturated rings. The van der Waals surface area contributed by atoms with Crippen molar-refractivity contribution in [1.29, 1.82) is 0 Å². The van der Waals surface area contributed by atoms with Crippen molar-refractivity contribution in [3.63, 3.8) is 0 Å². The summed E-state index contributed by atoms with van der Waals surface area (Å²) in [6.07, 6.45) is 5.70. The topological polar surface area (TPSA) is 99.6 Å². The highest BCUT2D eigenvalue weighted by molar-refractivity contribution is 5.76. The van der Waals surface area contributed by atoms with Crippen molar-refractivity contribution in [1.82, 2.24) is 14.9 Å². The van der Waals surface area contributed by atoms with Crippen LogP contribution in [0.15, 0.2) is 36.5 Å². The van der Waals surface area contributed by atoms with Crippen LogP contribution in [0, 0.1) is 0 Å². The summed E-state index contributed by atoms with van der Waals surface area (Å²) in [6, 6.07) is 8.76. The molecule has 34 heavy (non-hydrogen) atoms. The maximum absolute atomic E-state index is 14.3. The molecule has 0 amide bonds.